The summed E-state index contributed by atoms with van der Waals surface area (Å²) in [6, 6.07) is 11.0. The van der Waals surface area contributed by atoms with Crippen LogP contribution in [0.3, 0.4) is 0 Å². The van der Waals surface area contributed by atoms with Crippen molar-refractivity contribution >= 4 is 5.69 Å². The molecule has 21 heavy (non-hydrogen) atoms. The molecule has 0 radical (unpaired) electrons. The zero-order valence-electron chi connectivity index (χ0n) is 12.9. The van der Waals surface area contributed by atoms with Gasteiger partial charge in [-0.1, -0.05) is 6.07 Å². The van der Waals surface area contributed by atoms with Gasteiger partial charge in [-0.3, -0.25) is 9.88 Å². The Hall–Kier alpha value is -1.87. The first kappa shape index (κ1) is 14.1. The molecule has 2 aromatic rings. The van der Waals surface area contributed by atoms with Gasteiger partial charge >= 0.3 is 0 Å². The van der Waals surface area contributed by atoms with E-state index in [-0.39, 0.29) is 0 Å². The Morgan fingerprint density at radius 3 is 2.57 bits per heavy atom. The van der Waals surface area contributed by atoms with Crippen molar-refractivity contribution in [1.82, 2.24) is 9.88 Å². The summed E-state index contributed by atoms with van der Waals surface area (Å²) in [6.45, 7) is 5.52. The summed E-state index contributed by atoms with van der Waals surface area (Å²) in [4.78, 5) is 6.95. The molecule has 1 aromatic heterocycles. The molecule has 1 N–H and O–H groups in total. The molecule has 1 aliphatic heterocycles. The van der Waals surface area contributed by atoms with E-state index in [1.807, 2.05) is 20.2 Å². The maximum atomic E-state index is 4.41. The van der Waals surface area contributed by atoms with E-state index < -0.39 is 0 Å². The van der Waals surface area contributed by atoms with Gasteiger partial charge in [0.15, 0.2) is 0 Å². The first-order valence-electron chi connectivity index (χ1n) is 7.72. The average molecular weight is 281 g/mol. The molecule has 0 aliphatic carbocycles. The third-order valence-electron chi connectivity index (χ3n) is 4.13. The van der Waals surface area contributed by atoms with Crippen LogP contribution < -0.4 is 5.32 Å². The fraction of sp³-hybridized carbons (Fsp3) is 0.389. The zero-order chi connectivity index (χ0) is 14.7. The number of aromatic nitrogens is 1. The topological polar surface area (TPSA) is 28.2 Å². The number of rotatable bonds is 4. The lowest BCUT2D eigenvalue weighted by molar-refractivity contribution is 0.331. The molecule has 110 valence electrons. The third kappa shape index (κ3) is 3.42. The maximum absolute atomic E-state index is 4.41. The van der Waals surface area contributed by atoms with E-state index in [1.54, 1.807) is 0 Å². The number of nitrogens with one attached hydrogen (secondary N) is 1. The molecule has 3 rings (SSSR count). The van der Waals surface area contributed by atoms with Crippen LogP contribution in [0.25, 0.3) is 11.1 Å². The van der Waals surface area contributed by atoms with Crippen LogP contribution in [0.1, 0.15) is 24.1 Å². The highest BCUT2D eigenvalue weighted by molar-refractivity contribution is 5.68. The van der Waals surface area contributed by atoms with E-state index in [0.29, 0.717) is 0 Å². The molecule has 0 amide bonds. The molecule has 1 fully saturated rings. The quantitative estimate of drug-likeness (QED) is 0.926. The molecular weight excluding hydrogens is 258 g/mol. The van der Waals surface area contributed by atoms with Crippen LogP contribution in [0.15, 0.2) is 36.5 Å². The van der Waals surface area contributed by atoms with Crippen molar-refractivity contribution in [3.05, 3.63) is 47.8 Å². The van der Waals surface area contributed by atoms with Gasteiger partial charge in [-0.2, -0.15) is 0 Å². The van der Waals surface area contributed by atoms with Crippen LogP contribution >= 0.6 is 0 Å². The van der Waals surface area contributed by atoms with Crippen LogP contribution in [0.5, 0.6) is 0 Å². The number of pyridine rings is 1. The number of hydrogen-bond acceptors (Lipinski definition) is 3. The van der Waals surface area contributed by atoms with Gasteiger partial charge < -0.3 is 5.32 Å². The Labute approximate surface area is 127 Å². The minimum atomic E-state index is 1.04. The van der Waals surface area contributed by atoms with Gasteiger partial charge in [0.25, 0.3) is 0 Å². The minimum absolute atomic E-state index is 1.04. The number of benzene rings is 1. The molecule has 0 atom stereocenters. The monoisotopic (exact) mass is 281 g/mol. The summed E-state index contributed by atoms with van der Waals surface area (Å²) in [5.74, 6) is 0. The first-order valence-corrected chi connectivity index (χ1v) is 7.72. The van der Waals surface area contributed by atoms with E-state index in [4.69, 9.17) is 0 Å². The molecule has 1 saturated heterocycles. The van der Waals surface area contributed by atoms with Crippen LogP contribution in [-0.4, -0.2) is 30.0 Å². The van der Waals surface area contributed by atoms with Crippen LogP contribution in [-0.2, 0) is 6.54 Å². The van der Waals surface area contributed by atoms with Crippen molar-refractivity contribution in [2.45, 2.75) is 26.3 Å². The molecule has 0 unspecified atom stereocenters. The number of likely N-dealkylation sites (tertiary alicyclic amines) is 1. The number of aryl methyl sites for hydroxylation is 1. The van der Waals surface area contributed by atoms with Crippen molar-refractivity contribution in [2.75, 3.05) is 25.5 Å². The SMILES string of the molecule is CNc1cc(CN2CCCC2)cc(-c2ccc(C)nc2)c1. The summed E-state index contributed by atoms with van der Waals surface area (Å²) in [6.07, 6.45) is 4.63. The largest absolute Gasteiger partial charge is 0.388 e. The molecule has 0 bridgehead atoms. The second-order valence-electron chi connectivity index (χ2n) is 5.84. The lowest BCUT2D eigenvalue weighted by atomic mass is 10.0. The Morgan fingerprint density at radius 2 is 1.90 bits per heavy atom. The van der Waals surface area contributed by atoms with E-state index in [1.165, 1.54) is 48.3 Å². The summed E-state index contributed by atoms with van der Waals surface area (Å²) in [5.41, 5.74) is 6.02. The Bertz CT molecular complexity index is 598. The number of hydrogen-bond donors (Lipinski definition) is 1. The highest BCUT2D eigenvalue weighted by Gasteiger charge is 2.12. The van der Waals surface area contributed by atoms with Gasteiger partial charge in [0.1, 0.15) is 0 Å². The summed E-state index contributed by atoms with van der Waals surface area (Å²) >= 11 is 0. The number of nitrogens with zero attached hydrogens (tertiary/aromatic N) is 2. The maximum Gasteiger partial charge on any atom is 0.0373 e. The lowest BCUT2D eigenvalue weighted by Crippen LogP contribution is -2.18. The van der Waals surface area contributed by atoms with Crippen molar-refractivity contribution in [3.63, 3.8) is 0 Å². The van der Waals surface area contributed by atoms with Crippen molar-refractivity contribution in [3.8, 4) is 11.1 Å². The molecule has 2 heterocycles. The first-order chi connectivity index (χ1) is 10.2. The lowest BCUT2D eigenvalue weighted by Gasteiger charge is -2.16. The molecule has 0 spiro atoms. The van der Waals surface area contributed by atoms with Crippen molar-refractivity contribution in [1.29, 1.82) is 0 Å². The summed E-state index contributed by atoms with van der Waals surface area (Å²) in [5, 5.41) is 3.27. The third-order valence-corrected chi connectivity index (χ3v) is 4.13. The van der Waals surface area contributed by atoms with Gasteiger partial charge in [-0.25, -0.2) is 0 Å². The van der Waals surface area contributed by atoms with Crippen molar-refractivity contribution < 1.29 is 0 Å². The Morgan fingerprint density at radius 1 is 1.10 bits per heavy atom. The molecule has 0 saturated carbocycles. The van der Waals surface area contributed by atoms with Gasteiger partial charge in [0, 0.05) is 36.7 Å². The number of anilines is 1. The predicted molar refractivity (Wildman–Crippen MR) is 88.5 cm³/mol. The van der Waals surface area contributed by atoms with Crippen LogP contribution in [0.4, 0.5) is 5.69 Å². The molecule has 1 aliphatic rings. The summed E-state index contributed by atoms with van der Waals surface area (Å²) < 4.78 is 0. The predicted octanol–water partition coefficient (Wildman–Crippen LogP) is 3.69. The Kier molecular flexibility index (Phi) is 4.20. The minimum Gasteiger partial charge on any atom is -0.388 e. The standard InChI is InChI=1S/C18H23N3/c1-14-5-6-16(12-20-14)17-9-15(10-18(11-17)19-2)13-21-7-3-4-8-21/h5-6,9-12,19H,3-4,7-8,13H2,1-2H3. The van der Waals surface area contributed by atoms with E-state index >= 15 is 0 Å². The van der Waals surface area contributed by atoms with E-state index in [9.17, 15) is 0 Å². The molecule has 3 nitrogen and oxygen atoms in total. The molecular formula is C18H23N3. The molecule has 1 aromatic carbocycles. The van der Waals surface area contributed by atoms with Gasteiger partial charge in [-0.05, 0) is 68.2 Å². The van der Waals surface area contributed by atoms with E-state index in [0.717, 1.165) is 12.2 Å². The van der Waals surface area contributed by atoms with Gasteiger partial charge in [-0.15, -0.1) is 0 Å². The van der Waals surface area contributed by atoms with E-state index in [2.05, 4.69) is 45.5 Å². The Balaban J connectivity index is 1.90. The fourth-order valence-corrected chi connectivity index (χ4v) is 2.93. The second kappa shape index (κ2) is 6.27. The normalized spacial score (nSPS) is 15.3. The average Bonchev–Trinajstić information content (AvgIpc) is 3.00. The summed E-state index contributed by atoms with van der Waals surface area (Å²) in [7, 11) is 1.98. The van der Waals surface area contributed by atoms with Crippen LogP contribution in [0.2, 0.25) is 0 Å². The zero-order valence-corrected chi connectivity index (χ0v) is 12.9. The second-order valence-corrected chi connectivity index (χ2v) is 5.84. The highest BCUT2D eigenvalue weighted by Crippen LogP contribution is 2.26. The fourth-order valence-electron chi connectivity index (χ4n) is 2.93. The van der Waals surface area contributed by atoms with Gasteiger partial charge in [0.2, 0.25) is 0 Å². The highest BCUT2D eigenvalue weighted by atomic mass is 15.1. The van der Waals surface area contributed by atoms with Crippen LogP contribution in [0, 0.1) is 6.92 Å². The molecule has 3 heteroatoms. The van der Waals surface area contributed by atoms with Crippen molar-refractivity contribution in [2.24, 2.45) is 0 Å². The van der Waals surface area contributed by atoms with Gasteiger partial charge in [0.05, 0.1) is 0 Å². The smallest absolute Gasteiger partial charge is 0.0373 e.